The van der Waals surface area contributed by atoms with Crippen LogP contribution in [0.2, 0.25) is 0 Å². The molecule has 0 aliphatic carbocycles. The summed E-state index contributed by atoms with van der Waals surface area (Å²) in [5.41, 5.74) is 1.16. The molecule has 0 aromatic carbocycles. The van der Waals surface area contributed by atoms with Crippen LogP contribution in [0, 0.1) is 6.92 Å². The molecule has 3 aromatic rings. The molecule has 0 saturated carbocycles. The van der Waals surface area contributed by atoms with E-state index in [1.54, 1.807) is 22.7 Å². The Morgan fingerprint density at radius 1 is 1.30 bits per heavy atom. The molecule has 1 saturated heterocycles. The zero-order valence-electron chi connectivity index (χ0n) is 15.5. The predicted molar refractivity (Wildman–Crippen MR) is 113 cm³/mol. The number of thiophene rings is 2. The topological polar surface area (TPSA) is 55.3 Å². The lowest BCUT2D eigenvalue weighted by molar-refractivity contribution is -0.140. The number of aromatic nitrogens is 2. The van der Waals surface area contributed by atoms with Crippen LogP contribution in [0.4, 0.5) is 0 Å². The van der Waals surface area contributed by atoms with Crippen LogP contribution >= 0.6 is 34.4 Å². The van der Waals surface area contributed by atoms with E-state index in [9.17, 15) is 4.79 Å². The van der Waals surface area contributed by atoms with E-state index in [2.05, 4.69) is 32.9 Å². The van der Waals surface area contributed by atoms with E-state index in [-0.39, 0.29) is 18.1 Å². The molecule has 1 aliphatic heterocycles. The van der Waals surface area contributed by atoms with Crippen molar-refractivity contribution in [3.8, 4) is 10.4 Å². The highest BCUT2D eigenvalue weighted by molar-refractivity contribution is 8.00. The Labute approximate surface area is 170 Å². The lowest BCUT2D eigenvalue weighted by Crippen LogP contribution is -2.48. The van der Waals surface area contributed by atoms with Crippen LogP contribution in [0.1, 0.15) is 19.7 Å². The third-order valence-corrected chi connectivity index (χ3v) is 7.14. The van der Waals surface area contributed by atoms with Gasteiger partial charge in [-0.25, -0.2) is 9.97 Å². The van der Waals surface area contributed by atoms with Gasteiger partial charge in [-0.05, 0) is 32.2 Å². The van der Waals surface area contributed by atoms with Crippen molar-refractivity contribution in [3.63, 3.8) is 0 Å². The minimum Gasteiger partial charge on any atom is -0.372 e. The SMILES string of the molecule is Cc1nc(SCC(=O)N2C[C@@H](C)O[C@H](C)C2)c2c(-c3cccs3)csc2n1. The summed E-state index contributed by atoms with van der Waals surface area (Å²) < 4.78 is 5.73. The van der Waals surface area contributed by atoms with Gasteiger partial charge in [-0.2, -0.15) is 0 Å². The summed E-state index contributed by atoms with van der Waals surface area (Å²) in [6.07, 6.45) is 0.163. The number of thioether (sulfide) groups is 1. The number of nitrogens with zero attached hydrogens (tertiary/aromatic N) is 3. The molecule has 0 radical (unpaired) electrons. The molecule has 1 fully saturated rings. The Balaban J connectivity index is 1.58. The van der Waals surface area contributed by atoms with Crippen LogP contribution in [-0.4, -0.2) is 51.8 Å². The van der Waals surface area contributed by atoms with Crippen LogP contribution in [-0.2, 0) is 9.53 Å². The number of hydrogen-bond acceptors (Lipinski definition) is 7. The molecule has 3 aromatic heterocycles. The molecule has 142 valence electrons. The fraction of sp³-hybridized carbons (Fsp3) is 0.421. The molecule has 0 unspecified atom stereocenters. The van der Waals surface area contributed by atoms with Crippen molar-refractivity contribution in [2.24, 2.45) is 0 Å². The summed E-state index contributed by atoms with van der Waals surface area (Å²) >= 11 is 4.86. The number of hydrogen-bond donors (Lipinski definition) is 0. The number of carbonyl (C=O) groups is 1. The van der Waals surface area contributed by atoms with E-state index in [1.807, 2.05) is 25.7 Å². The molecule has 4 heterocycles. The van der Waals surface area contributed by atoms with Gasteiger partial charge in [-0.15, -0.1) is 22.7 Å². The van der Waals surface area contributed by atoms with Crippen LogP contribution < -0.4 is 0 Å². The van der Waals surface area contributed by atoms with E-state index in [1.165, 1.54) is 16.6 Å². The zero-order chi connectivity index (χ0) is 19.0. The van der Waals surface area contributed by atoms with Crippen molar-refractivity contribution in [2.75, 3.05) is 18.8 Å². The highest BCUT2D eigenvalue weighted by Gasteiger charge is 2.26. The molecule has 0 N–H and O–H groups in total. The summed E-state index contributed by atoms with van der Waals surface area (Å²) in [7, 11) is 0. The first-order valence-corrected chi connectivity index (χ1v) is 11.6. The van der Waals surface area contributed by atoms with Gasteiger partial charge >= 0.3 is 0 Å². The highest BCUT2D eigenvalue weighted by Crippen LogP contribution is 2.40. The van der Waals surface area contributed by atoms with Crippen LogP contribution in [0.15, 0.2) is 27.9 Å². The van der Waals surface area contributed by atoms with Gasteiger partial charge in [0.05, 0.1) is 23.3 Å². The lowest BCUT2D eigenvalue weighted by atomic mass is 10.2. The largest absolute Gasteiger partial charge is 0.372 e. The van der Waals surface area contributed by atoms with Crippen LogP contribution in [0.3, 0.4) is 0 Å². The molecule has 8 heteroatoms. The van der Waals surface area contributed by atoms with E-state index < -0.39 is 0 Å². The molecular formula is C19H21N3O2S3. The highest BCUT2D eigenvalue weighted by atomic mass is 32.2. The first-order valence-electron chi connectivity index (χ1n) is 8.87. The predicted octanol–water partition coefficient (Wildman–Crippen LogP) is 4.46. The standard InChI is InChI=1S/C19H21N3O2S3/c1-11-7-22(8-12(2)24-11)16(23)10-27-19-17-14(15-5-4-6-25-15)9-26-18(17)20-13(3)21-19/h4-6,9,11-12H,7-8,10H2,1-3H3/t11-,12-/m1/s1. The summed E-state index contributed by atoms with van der Waals surface area (Å²) in [4.78, 5) is 26.1. The number of morpholine rings is 1. The second-order valence-corrected chi connectivity index (χ2v) is 9.50. The fourth-order valence-electron chi connectivity index (χ4n) is 3.33. The average molecular weight is 420 g/mol. The van der Waals surface area contributed by atoms with Gasteiger partial charge < -0.3 is 9.64 Å². The van der Waals surface area contributed by atoms with Crippen molar-refractivity contribution in [1.82, 2.24) is 14.9 Å². The minimum atomic E-state index is 0.0815. The van der Waals surface area contributed by atoms with Crippen molar-refractivity contribution in [1.29, 1.82) is 0 Å². The van der Waals surface area contributed by atoms with Gasteiger partial charge in [0.2, 0.25) is 5.91 Å². The van der Waals surface area contributed by atoms with Gasteiger partial charge in [-0.3, -0.25) is 4.79 Å². The second-order valence-electron chi connectivity index (χ2n) is 6.73. The van der Waals surface area contributed by atoms with E-state index in [4.69, 9.17) is 4.74 Å². The summed E-state index contributed by atoms with van der Waals surface area (Å²) in [5.74, 6) is 1.26. The van der Waals surface area contributed by atoms with E-state index in [0.29, 0.717) is 18.8 Å². The second kappa shape index (κ2) is 7.87. The smallest absolute Gasteiger partial charge is 0.233 e. The van der Waals surface area contributed by atoms with Crippen molar-refractivity contribution in [3.05, 3.63) is 28.7 Å². The summed E-state index contributed by atoms with van der Waals surface area (Å²) in [5, 5.41) is 6.17. The molecule has 2 atom stereocenters. The Kier molecular flexibility index (Phi) is 5.50. The monoisotopic (exact) mass is 419 g/mol. The lowest BCUT2D eigenvalue weighted by Gasteiger charge is -2.35. The van der Waals surface area contributed by atoms with Crippen molar-refractivity contribution in [2.45, 2.75) is 38.0 Å². The van der Waals surface area contributed by atoms with Crippen molar-refractivity contribution < 1.29 is 9.53 Å². The number of ether oxygens (including phenoxy) is 1. The number of carbonyl (C=O) groups excluding carboxylic acids is 1. The number of aryl methyl sites for hydroxylation is 1. The Bertz CT molecular complexity index is 945. The normalized spacial score (nSPS) is 20.3. The van der Waals surface area contributed by atoms with E-state index in [0.717, 1.165) is 26.6 Å². The minimum absolute atomic E-state index is 0.0815. The zero-order valence-corrected chi connectivity index (χ0v) is 17.9. The average Bonchev–Trinajstić information content (AvgIpc) is 3.27. The number of fused-ring (bicyclic) bond motifs is 1. The maximum Gasteiger partial charge on any atom is 0.233 e. The quantitative estimate of drug-likeness (QED) is 0.462. The first kappa shape index (κ1) is 18.9. The first-order chi connectivity index (χ1) is 13.0. The Morgan fingerprint density at radius 2 is 2.07 bits per heavy atom. The number of rotatable bonds is 4. The maximum atomic E-state index is 12.7. The molecule has 4 rings (SSSR count). The maximum absolute atomic E-state index is 12.7. The molecule has 0 bridgehead atoms. The molecule has 1 aliphatic rings. The Morgan fingerprint density at radius 3 is 2.78 bits per heavy atom. The van der Waals surface area contributed by atoms with Gasteiger partial charge in [0, 0.05) is 28.9 Å². The molecule has 1 amide bonds. The van der Waals surface area contributed by atoms with Gasteiger partial charge in [0.1, 0.15) is 15.7 Å². The molecule has 0 spiro atoms. The summed E-state index contributed by atoms with van der Waals surface area (Å²) in [6, 6.07) is 4.16. The van der Waals surface area contributed by atoms with E-state index >= 15 is 0 Å². The molecule has 27 heavy (non-hydrogen) atoms. The van der Waals surface area contributed by atoms with Crippen LogP contribution in [0.5, 0.6) is 0 Å². The Hall–Kier alpha value is -1.48. The third kappa shape index (κ3) is 4.03. The van der Waals surface area contributed by atoms with Crippen molar-refractivity contribution >= 4 is 50.6 Å². The third-order valence-electron chi connectivity index (χ3n) is 4.40. The van der Waals surface area contributed by atoms with Gasteiger partial charge in [0.15, 0.2) is 0 Å². The molecular weight excluding hydrogens is 398 g/mol. The molecule has 5 nitrogen and oxygen atoms in total. The van der Waals surface area contributed by atoms with Crippen LogP contribution in [0.25, 0.3) is 20.7 Å². The number of amides is 1. The van der Waals surface area contributed by atoms with Gasteiger partial charge in [-0.1, -0.05) is 17.8 Å². The summed E-state index contributed by atoms with van der Waals surface area (Å²) in [6.45, 7) is 7.24. The fourth-order valence-corrected chi connectivity index (χ4v) is 6.19. The van der Waals surface area contributed by atoms with Gasteiger partial charge in [0.25, 0.3) is 0 Å².